The summed E-state index contributed by atoms with van der Waals surface area (Å²) in [5.41, 5.74) is 9.02. The predicted molar refractivity (Wildman–Crippen MR) is 72.6 cm³/mol. The quantitative estimate of drug-likeness (QED) is 0.815. The van der Waals surface area contributed by atoms with E-state index in [1.807, 2.05) is 24.1 Å². The average molecular weight is 245 g/mol. The summed E-state index contributed by atoms with van der Waals surface area (Å²) in [5.74, 6) is 0.216. The van der Waals surface area contributed by atoms with Crippen LogP contribution in [0.1, 0.15) is 18.4 Å². The first-order valence-electron chi connectivity index (χ1n) is 6.54. The van der Waals surface area contributed by atoms with Crippen LogP contribution in [0.5, 0.6) is 0 Å². The van der Waals surface area contributed by atoms with Gasteiger partial charge in [-0.2, -0.15) is 0 Å². The third-order valence-corrected chi connectivity index (χ3v) is 3.92. The van der Waals surface area contributed by atoms with Gasteiger partial charge in [-0.3, -0.25) is 4.79 Å². The van der Waals surface area contributed by atoms with Gasteiger partial charge < -0.3 is 15.5 Å². The molecule has 1 aromatic carbocycles. The Morgan fingerprint density at radius 3 is 3.00 bits per heavy atom. The number of nitrogens with two attached hydrogens (primary N) is 1. The topological polar surface area (TPSA) is 49.6 Å². The number of carbonyl (C=O) groups excluding carboxylic acids is 1. The van der Waals surface area contributed by atoms with E-state index in [9.17, 15) is 4.79 Å². The molecular formula is C14H19N3O. The van der Waals surface area contributed by atoms with Gasteiger partial charge >= 0.3 is 0 Å². The highest BCUT2D eigenvalue weighted by Gasteiger charge is 2.31. The zero-order valence-corrected chi connectivity index (χ0v) is 10.7. The van der Waals surface area contributed by atoms with E-state index in [1.54, 1.807) is 0 Å². The van der Waals surface area contributed by atoms with Crippen LogP contribution in [0.3, 0.4) is 0 Å². The number of likely N-dealkylation sites (N-methyl/N-ethyl adjacent to an activating group) is 1. The van der Waals surface area contributed by atoms with Crippen molar-refractivity contribution in [3.05, 3.63) is 23.8 Å². The lowest BCUT2D eigenvalue weighted by Crippen LogP contribution is -2.38. The summed E-state index contributed by atoms with van der Waals surface area (Å²) in [6.07, 6.45) is 3.33. The van der Waals surface area contributed by atoms with E-state index in [4.69, 9.17) is 5.73 Å². The number of carbonyl (C=O) groups is 1. The molecular weight excluding hydrogens is 226 g/mol. The fourth-order valence-electron chi connectivity index (χ4n) is 2.57. The van der Waals surface area contributed by atoms with Crippen LogP contribution >= 0.6 is 0 Å². The standard InChI is InChI=1S/C14H19N3O/c1-16(12-4-5-12)14(18)9-17-7-6-10-2-3-11(15)8-13(10)17/h2-3,8,12H,4-7,9,15H2,1H3. The predicted octanol–water partition coefficient (Wildman–Crippen LogP) is 1.25. The molecule has 96 valence electrons. The van der Waals surface area contributed by atoms with Gasteiger partial charge in [-0.05, 0) is 37.0 Å². The Morgan fingerprint density at radius 1 is 1.50 bits per heavy atom. The molecule has 3 rings (SSSR count). The van der Waals surface area contributed by atoms with Gasteiger partial charge in [0.25, 0.3) is 0 Å². The Labute approximate surface area is 107 Å². The van der Waals surface area contributed by atoms with Crippen molar-refractivity contribution in [2.45, 2.75) is 25.3 Å². The van der Waals surface area contributed by atoms with E-state index in [-0.39, 0.29) is 5.91 Å². The second kappa shape index (κ2) is 4.19. The number of fused-ring (bicyclic) bond motifs is 1. The molecule has 0 unspecified atom stereocenters. The number of hydrogen-bond acceptors (Lipinski definition) is 3. The number of nitrogen functional groups attached to an aromatic ring is 1. The summed E-state index contributed by atoms with van der Waals surface area (Å²) < 4.78 is 0. The molecule has 1 fully saturated rings. The number of amides is 1. The molecule has 1 aliphatic carbocycles. The molecule has 0 radical (unpaired) electrons. The summed E-state index contributed by atoms with van der Waals surface area (Å²) in [4.78, 5) is 16.2. The molecule has 0 bridgehead atoms. The van der Waals surface area contributed by atoms with Gasteiger partial charge in [-0.15, -0.1) is 0 Å². The SMILES string of the molecule is CN(C(=O)CN1CCc2ccc(N)cc21)C1CC1. The number of hydrogen-bond donors (Lipinski definition) is 1. The third kappa shape index (κ3) is 2.03. The maximum absolute atomic E-state index is 12.1. The van der Waals surface area contributed by atoms with E-state index >= 15 is 0 Å². The van der Waals surface area contributed by atoms with Crippen LogP contribution in [0, 0.1) is 0 Å². The maximum atomic E-state index is 12.1. The second-order valence-corrected chi connectivity index (χ2v) is 5.30. The zero-order valence-electron chi connectivity index (χ0n) is 10.7. The van der Waals surface area contributed by atoms with Crippen molar-refractivity contribution in [1.29, 1.82) is 0 Å². The van der Waals surface area contributed by atoms with E-state index in [1.165, 1.54) is 5.56 Å². The minimum absolute atomic E-state index is 0.216. The molecule has 18 heavy (non-hydrogen) atoms. The molecule has 0 atom stereocenters. The molecule has 4 heteroatoms. The van der Waals surface area contributed by atoms with Gasteiger partial charge in [0.05, 0.1) is 6.54 Å². The van der Waals surface area contributed by atoms with E-state index in [2.05, 4.69) is 11.0 Å². The van der Waals surface area contributed by atoms with Crippen molar-refractivity contribution in [3.63, 3.8) is 0 Å². The lowest BCUT2D eigenvalue weighted by atomic mass is 10.1. The first kappa shape index (κ1) is 11.4. The first-order valence-corrected chi connectivity index (χ1v) is 6.54. The normalized spacial score (nSPS) is 17.7. The number of benzene rings is 1. The van der Waals surface area contributed by atoms with Crippen molar-refractivity contribution in [2.75, 3.05) is 30.8 Å². The lowest BCUT2D eigenvalue weighted by molar-refractivity contribution is -0.128. The van der Waals surface area contributed by atoms with Gasteiger partial charge in [0.2, 0.25) is 5.91 Å². The van der Waals surface area contributed by atoms with Crippen molar-refractivity contribution >= 4 is 17.3 Å². The van der Waals surface area contributed by atoms with Gasteiger partial charge in [0.1, 0.15) is 0 Å². The minimum atomic E-state index is 0.216. The van der Waals surface area contributed by atoms with Crippen LogP contribution in [0.2, 0.25) is 0 Å². The highest BCUT2D eigenvalue weighted by molar-refractivity contribution is 5.83. The van der Waals surface area contributed by atoms with Crippen molar-refractivity contribution in [3.8, 4) is 0 Å². The van der Waals surface area contributed by atoms with Crippen LogP contribution in [0.25, 0.3) is 0 Å². The monoisotopic (exact) mass is 245 g/mol. The summed E-state index contributed by atoms with van der Waals surface area (Å²) in [6, 6.07) is 6.47. The highest BCUT2D eigenvalue weighted by Crippen LogP contribution is 2.30. The number of anilines is 2. The Kier molecular flexibility index (Phi) is 2.65. The maximum Gasteiger partial charge on any atom is 0.242 e. The first-order chi connectivity index (χ1) is 8.65. The van der Waals surface area contributed by atoms with Gasteiger partial charge in [0.15, 0.2) is 0 Å². The summed E-state index contributed by atoms with van der Waals surface area (Å²) in [5, 5.41) is 0. The fraction of sp³-hybridized carbons (Fsp3) is 0.500. The Hall–Kier alpha value is -1.71. The Bertz CT molecular complexity index is 482. The smallest absolute Gasteiger partial charge is 0.242 e. The van der Waals surface area contributed by atoms with Crippen molar-refractivity contribution < 1.29 is 4.79 Å². The molecule has 0 aromatic heterocycles. The minimum Gasteiger partial charge on any atom is -0.399 e. The van der Waals surface area contributed by atoms with Crippen LogP contribution in [0.4, 0.5) is 11.4 Å². The molecule has 1 aromatic rings. The van der Waals surface area contributed by atoms with Gasteiger partial charge in [0, 0.05) is 31.0 Å². The molecule has 1 saturated carbocycles. The summed E-state index contributed by atoms with van der Waals surface area (Å²) in [7, 11) is 1.91. The van der Waals surface area contributed by atoms with Crippen LogP contribution in [0.15, 0.2) is 18.2 Å². The van der Waals surface area contributed by atoms with Crippen LogP contribution < -0.4 is 10.6 Å². The zero-order chi connectivity index (χ0) is 12.7. The molecule has 1 amide bonds. The van der Waals surface area contributed by atoms with Crippen molar-refractivity contribution in [2.24, 2.45) is 0 Å². The molecule has 1 heterocycles. The van der Waals surface area contributed by atoms with Crippen LogP contribution in [-0.4, -0.2) is 37.0 Å². The van der Waals surface area contributed by atoms with Gasteiger partial charge in [-0.25, -0.2) is 0 Å². The van der Waals surface area contributed by atoms with E-state index < -0.39 is 0 Å². The Morgan fingerprint density at radius 2 is 2.28 bits per heavy atom. The fourth-order valence-corrected chi connectivity index (χ4v) is 2.57. The second-order valence-electron chi connectivity index (χ2n) is 5.30. The molecule has 0 spiro atoms. The van der Waals surface area contributed by atoms with Gasteiger partial charge in [-0.1, -0.05) is 6.07 Å². The van der Waals surface area contributed by atoms with Crippen molar-refractivity contribution in [1.82, 2.24) is 4.90 Å². The average Bonchev–Trinajstić information content (AvgIpc) is 3.13. The molecule has 0 saturated heterocycles. The molecule has 4 nitrogen and oxygen atoms in total. The molecule has 2 N–H and O–H groups in total. The number of rotatable bonds is 3. The largest absolute Gasteiger partial charge is 0.399 e. The summed E-state index contributed by atoms with van der Waals surface area (Å²) in [6.45, 7) is 1.40. The lowest BCUT2D eigenvalue weighted by Gasteiger charge is -2.23. The van der Waals surface area contributed by atoms with Crippen LogP contribution in [-0.2, 0) is 11.2 Å². The number of nitrogens with zero attached hydrogens (tertiary/aromatic N) is 2. The summed E-state index contributed by atoms with van der Waals surface area (Å²) >= 11 is 0. The molecule has 2 aliphatic rings. The highest BCUT2D eigenvalue weighted by atomic mass is 16.2. The van der Waals surface area contributed by atoms with E-state index in [0.717, 1.165) is 37.2 Å². The Balaban J connectivity index is 1.72. The third-order valence-electron chi connectivity index (χ3n) is 3.92. The van der Waals surface area contributed by atoms with E-state index in [0.29, 0.717) is 12.6 Å². The molecule has 1 aliphatic heterocycles.